The summed E-state index contributed by atoms with van der Waals surface area (Å²) in [7, 11) is 0. The van der Waals surface area contributed by atoms with Crippen molar-refractivity contribution in [3.8, 4) is 0 Å². The number of hydrogen-bond acceptors (Lipinski definition) is 22. The number of aliphatic hydroxyl groups is 6. The lowest BCUT2D eigenvalue weighted by atomic mass is 9.92. The van der Waals surface area contributed by atoms with E-state index in [-0.39, 0.29) is 110 Å². The average Bonchev–Trinajstić information content (AvgIpc) is 3.29. The molecule has 0 aromatic heterocycles. The minimum Gasteiger partial charge on any atom is -0.388 e. The maximum absolute atomic E-state index is 11.1. The molecular weight excluding hydrogens is 880 g/mol. The Labute approximate surface area is 384 Å². The van der Waals surface area contributed by atoms with Gasteiger partial charge in [-0.1, -0.05) is 19.8 Å². The van der Waals surface area contributed by atoms with Crippen molar-refractivity contribution in [1.82, 2.24) is 0 Å². The Morgan fingerprint density at radius 2 is 0.606 bits per heavy atom. The van der Waals surface area contributed by atoms with Crippen LogP contribution in [0.15, 0.2) is 0 Å². The second-order valence-corrected chi connectivity index (χ2v) is 19.3. The maximum Gasteiger partial charge on any atom is 0.184 e. The van der Waals surface area contributed by atoms with Gasteiger partial charge in [-0.05, 0) is 19.3 Å². The molecular formula is C44H72O22. The van der Waals surface area contributed by atoms with E-state index in [0.29, 0.717) is 19.3 Å². The molecule has 22 nitrogen and oxygen atoms in total. The van der Waals surface area contributed by atoms with Crippen molar-refractivity contribution in [2.24, 2.45) is 5.92 Å². The molecule has 16 bridgehead atoms. The van der Waals surface area contributed by atoms with Gasteiger partial charge in [-0.25, -0.2) is 0 Å². The van der Waals surface area contributed by atoms with Gasteiger partial charge in [0.2, 0.25) is 0 Å². The predicted octanol–water partition coefficient (Wildman–Crippen LogP) is -0.585. The fourth-order valence-electron chi connectivity index (χ4n) is 10.2. The number of unbranched alkanes of at least 4 members (excludes halogenated alkanes) is 1. The van der Waals surface area contributed by atoms with E-state index >= 15 is 0 Å². The second-order valence-electron chi connectivity index (χ2n) is 19.3. The molecule has 30 aliphatic rings. The fraction of sp³-hybridized carbons (Fsp3) is 1.00. The molecule has 30 rings (SSSR count). The van der Waals surface area contributed by atoms with Crippen molar-refractivity contribution in [3.05, 3.63) is 0 Å². The van der Waals surface area contributed by atoms with Crippen LogP contribution in [-0.4, -0.2) is 219 Å². The minimum absolute atomic E-state index is 0.0191. The van der Waals surface area contributed by atoms with Gasteiger partial charge in [0.1, 0.15) is 36.6 Å². The van der Waals surface area contributed by atoms with Gasteiger partial charge in [0.25, 0.3) is 0 Å². The third-order valence-corrected chi connectivity index (χ3v) is 13.7. The zero-order valence-electron chi connectivity index (χ0n) is 37.6. The zero-order chi connectivity index (χ0) is 45.7. The summed E-state index contributed by atoms with van der Waals surface area (Å²) in [6.07, 6.45) is -11.1. The van der Waals surface area contributed by atoms with Crippen LogP contribution in [0.2, 0.25) is 0 Å². The standard InChI is InChI=1S/C44H72O22/c1-2-3-4-22-7-24-15-52-38(22)61-26-9-33(47)42(55-17-26)64-27-10-32(46)39(54-18-27)60-23-5-6-37(51-14-23)59-25-8-31(45)41(53-16-25)63-29-12-35(49)44(57-20-29)66-30-13-36(50)43(58-21-30)65-28-11-34(48)40(62-24)56-19-28/h22-50H,2-21H2,1H3/t22-,23+,24+,25+,26+,27+,28+,29+,30+,31-,32-,33-,34-,35?,36-,37-,38?,39-,40-,41-,42-,43-,44-/m1/s1. The highest BCUT2D eigenvalue weighted by Crippen LogP contribution is 2.35. The van der Waals surface area contributed by atoms with Gasteiger partial charge in [-0.15, -0.1) is 0 Å². The Morgan fingerprint density at radius 3 is 0.924 bits per heavy atom. The topological polar surface area (TPSA) is 269 Å². The van der Waals surface area contributed by atoms with Crippen molar-refractivity contribution >= 4 is 0 Å². The predicted molar refractivity (Wildman–Crippen MR) is 218 cm³/mol. The molecule has 22 heteroatoms. The molecule has 0 radical (unpaired) electrons. The number of rotatable bonds is 3. The van der Waals surface area contributed by atoms with Crippen LogP contribution in [0.1, 0.15) is 84.0 Å². The highest BCUT2D eigenvalue weighted by Gasteiger charge is 2.45. The molecule has 23 atom stereocenters. The van der Waals surface area contributed by atoms with Crippen molar-refractivity contribution < 1.29 is 106 Å². The molecule has 30 fully saturated rings. The van der Waals surface area contributed by atoms with E-state index in [2.05, 4.69) is 6.92 Å². The highest BCUT2D eigenvalue weighted by molar-refractivity contribution is 4.86. The van der Waals surface area contributed by atoms with E-state index < -0.39 is 124 Å². The molecule has 0 amide bonds. The molecule has 0 saturated carbocycles. The Bertz CT molecular complexity index is 1460. The van der Waals surface area contributed by atoms with E-state index in [9.17, 15) is 30.6 Å². The summed E-state index contributed by atoms with van der Waals surface area (Å²) in [6.45, 7) is 3.22. The van der Waals surface area contributed by atoms with Gasteiger partial charge in [-0.3, -0.25) is 0 Å². The molecule has 2 unspecified atom stereocenters. The molecule has 30 saturated heterocycles. The van der Waals surface area contributed by atoms with Crippen LogP contribution >= 0.6 is 0 Å². The van der Waals surface area contributed by atoms with E-state index in [0.717, 1.165) is 19.3 Å². The summed E-state index contributed by atoms with van der Waals surface area (Å²) in [5.41, 5.74) is 0. The first-order chi connectivity index (χ1) is 32.0. The lowest BCUT2D eigenvalue weighted by Crippen LogP contribution is -2.53. The van der Waals surface area contributed by atoms with Crippen molar-refractivity contribution in [1.29, 1.82) is 0 Å². The fourth-order valence-corrected chi connectivity index (χ4v) is 10.2. The van der Waals surface area contributed by atoms with Crippen LogP contribution in [0.4, 0.5) is 0 Å². The molecule has 380 valence electrons. The molecule has 0 aromatic carbocycles. The van der Waals surface area contributed by atoms with Gasteiger partial charge in [-0.2, -0.15) is 0 Å². The van der Waals surface area contributed by atoms with Crippen LogP contribution in [0.3, 0.4) is 0 Å². The van der Waals surface area contributed by atoms with Crippen molar-refractivity contribution in [2.45, 2.75) is 220 Å². The first-order valence-corrected chi connectivity index (χ1v) is 24.3. The van der Waals surface area contributed by atoms with E-state index in [4.69, 9.17) is 75.8 Å². The summed E-state index contributed by atoms with van der Waals surface area (Å²) in [6, 6.07) is 0. The van der Waals surface area contributed by atoms with E-state index in [1.54, 1.807) is 0 Å². The first-order valence-electron chi connectivity index (χ1n) is 24.3. The smallest absolute Gasteiger partial charge is 0.184 e. The zero-order valence-corrected chi connectivity index (χ0v) is 37.6. The SMILES string of the molecule is CCCC[C@@H]1C[C@H]2COC1O[C@@H]1CO[C@H](O[C@@H]3CO[C@H](O[C@H]4CC[C@H](OC4)O[C@@H]4CO[C@H](O[C@@H]5CO[C@H](O[C@@H]6CO[C@H](O[C@@H]7CO[C@H](O2)[C@H](O)C7)[C@H](O)C6)C(O)C5)[C@H](O)C4)[C@H](O)C3)[C@H](O)C1. The summed E-state index contributed by atoms with van der Waals surface area (Å²) in [5, 5.41) is 66.0. The van der Waals surface area contributed by atoms with Crippen molar-refractivity contribution in [3.63, 3.8) is 0 Å². The Balaban J connectivity index is 0.800. The summed E-state index contributed by atoms with van der Waals surface area (Å²) in [5.74, 6) is -0.0191. The molecule has 0 aromatic rings. The van der Waals surface area contributed by atoms with E-state index in [1.165, 1.54) is 0 Å². The lowest BCUT2D eigenvalue weighted by Gasteiger charge is -2.43. The van der Waals surface area contributed by atoms with Gasteiger partial charge in [0, 0.05) is 50.9 Å². The summed E-state index contributed by atoms with van der Waals surface area (Å²) in [4.78, 5) is 0. The summed E-state index contributed by atoms with van der Waals surface area (Å²) >= 11 is 0. The largest absolute Gasteiger partial charge is 0.388 e. The van der Waals surface area contributed by atoms with Crippen LogP contribution < -0.4 is 0 Å². The molecule has 0 spiro atoms. The molecule has 0 aliphatic carbocycles. The summed E-state index contributed by atoms with van der Waals surface area (Å²) < 4.78 is 96.6. The van der Waals surface area contributed by atoms with Crippen LogP contribution in [0.5, 0.6) is 0 Å². The maximum atomic E-state index is 11.1. The molecule has 30 heterocycles. The normalized spacial score (nSPS) is 50.5. The highest BCUT2D eigenvalue weighted by atomic mass is 16.8. The van der Waals surface area contributed by atoms with Gasteiger partial charge >= 0.3 is 0 Å². The van der Waals surface area contributed by atoms with E-state index in [1.807, 2.05) is 0 Å². The average molecular weight is 953 g/mol. The first kappa shape index (κ1) is 50.1. The molecule has 66 heavy (non-hydrogen) atoms. The third kappa shape index (κ3) is 13.1. The number of hydrogen-bond donors (Lipinski definition) is 6. The number of ether oxygens (including phenoxy) is 16. The van der Waals surface area contributed by atoms with Crippen LogP contribution in [0, 0.1) is 5.92 Å². The minimum atomic E-state index is -1.06. The monoisotopic (exact) mass is 952 g/mol. The third-order valence-electron chi connectivity index (χ3n) is 13.7. The van der Waals surface area contributed by atoms with Gasteiger partial charge < -0.3 is 106 Å². The second kappa shape index (κ2) is 23.6. The quantitative estimate of drug-likeness (QED) is 0.207. The Morgan fingerprint density at radius 1 is 0.318 bits per heavy atom. The lowest BCUT2D eigenvalue weighted by molar-refractivity contribution is -0.333. The Kier molecular flexibility index (Phi) is 17.9. The van der Waals surface area contributed by atoms with Crippen LogP contribution in [0.25, 0.3) is 0 Å². The van der Waals surface area contributed by atoms with Gasteiger partial charge in [0.15, 0.2) is 50.3 Å². The van der Waals surface area contributed by atoms with Crippen molar-refractivity contribution in [2.75, 3.05) is 52.9 Å². The Hall–Kier alpha value is -0.880. The molecule has 6 N–H and O–H groups in total. The number of aliphatic hydroxyl groups excluding tert-OH is 6. The van der Waals surface area contributed by atoms with Gasteiger partial charge in [0.05, 0.1) is 102 Å². The van der Waals surface area contributed by atoms with Crippen LogP contribution in [-0.2, 0) is 75.8 Å². The molecule has 30 aliphatic heterocycles.